The highest BCUT2D eigenvalue weighted by molar-refractivity contribution is 6.33. The normalized spacial score (nSPS) is 14.4. The van der Waals surface area contributed by atoms with E-state index in [9.17, 15) is 4.79 Å². The van der Waals surface area contributed by atoms with Crippen LogP contribution in [0.15, 0.2) is 42.5 Å². The summed E-state index contributed by atoms with van der Waals surface area (Å²) in [4.78, 5) is 13.2. The second-order valence-electron chi connectivity index (χ2n) is 5.21. The number of nitrogens with zero attached hydrogens (tertiary/aromatic N) is 1. The van der Waals surface area contributed by atoms with Crippen LogP contribution >= 0.6 is 11.6 Å². The summed E-state index contributed by atoms with van der Waals surface area (Å²) in [5.74, 6) is -0.959. The predicted molar refractivity (Wildman–Crippen MR) is 84.8 cm³/mol. The Morgan fingerprint density at radius 3 is 2.67 bits per heavy atom. The van der Waals surface area contributed by atoms with Crippen LogP contribution in [-0.4, -0.2) is 17.6 Å². The molecule has 0 saturated heterocycles. The van der Waals surface area contributed by atoms with Crippen LogP contribution in [0.4, 0.5) is 11.4 Å². The lowest BCUT2D eigenvalue weighted by Crippen LogP contribution is -2.18. The fraction of sp³-hybridized carbons (Fsp3) is 0.235. The van der Waals surface area contributed by atoms with Crippen LogP contribution < -0.4 is 4.90 Å². The first-order chi connectivity index (χ1) is 10.2. The van der Waals surface area contributed by atoms with Gasteiger partial charge in [-0.05, 0) is 49.1 Å². The third-order valence-corrected chi connectivity index (χ3v) is 4.15. The number of para-hydroxylation sites is 1. The summed E-state index contributed by atoms with van der Waals surface area (Å²) in [5.41, 5.74) is 3.57. The van der Waals surface area contributed by atoms with Crippen molar-refractivity contribution in [1.29, 1.82) is 0 Å². The van der Waals surface area contributed by atoms with Gasteiger partial charge in [-0.2, -0.15) is 0 Å². The molecule has 1 aliphatic heterocycles. The van der Waals surface area contributed by atoms with Crippen LogP contribution in [0.25, 0.3) is 0 Å². The Hall–Kier alpha value is -2.00. The number of benzene rings is 2. The topological polar surface area (TPSA) is 40.5 Å². The molecule has 108 valence electrons. The Bertz CT molecular complexity index is 684. The predicted octanol–water partition coefficient (Wildman–Crippen LogP) is 4.51. The first-order valence-corrected chi connectivity index (χ1v) is 7.43. The SMILES string of the molecule is O=C(O)c1ccc(N2CCCCc3ccccc32)c(Cl)c1. The monoisotopic (exact) mass is 301 g/mol. The molecule has 0 aliphatic carbocycles. The number of rotatable bonds is 2. The van der Waals surface area contributed by atoms with Crippen molar-refractivity contribution in [3.63, 3.8) is 0 Å². The van der Waals surface area contributed by atoms with Gasteiger partial charge in [0, 0.05) is 12.2 Å². The number of aryl methyl sites for hydroxylation is 1. The Labute approximate surface area is 128 Å². The maximum atomic E-state index is 11.0. The smallest absolute Gasteiger partial charge is 0.335 e. The minimum atomic E-state index is -0.959. The number of halogens is 1. The van der Waals surface area contributed by atoms with Gasteiger partial charge in [-0.3, -0.25) is 0 Å². The molecule has 0 aromatic heterocycles. The lowest BCUT2D eigenvalue weighted by Gasteiger charge is -2.26. The molecule has 3 nitrogen and oxygen atoms in total. The van der Waals surface area contributed by atoms with Crippen LogP contribution in [0.2, 0.25) is 5.02 Å². The van der Waals surface area contributed by atoms with Crippen LogP contribution in [0.1, 0.15) is 28.8 Å². The van der Waals surface area contributed by atoms with E-state index in [4.69, 9.17) is 16.7 Å². The molecular weight excluding hydrogens is 286 g/mol. The van der Waals surface area contributed by atoms with Crippen molar-refractivity contribution in [2.45, 2.75) is 19.3 Å². The van der Waals surface area contributed by atoms with Crippen molar-refractivity contribution < 1.29 is 9.90 Å². The maximum Gasteiger partial charge on any atom is 0.335 e. The quantitative estimate of drug-likeness (QED) is 0.887. The van der Waals surface area contributed by atoms with E-state index >= 15 is 0 Å². The minimum absolute atomic E-state index is 0.215. The molecule has 0 fully saturated rings. The largest absolute Gasteiger partial charge is 0.478 e. The van der Waals surface area contributed by atoms with Crippen molar-refractivity contribution in [2.24, 2.45) is 0 Å². The molecule has 4 heteroatoms. The summed E-state index contributed by atoms with van der Waals surface area (Å²) < 4.78 is 0. The highest BCUT2D eigenvalue weighted by Crippen LogP contribution is 2.36. The summed E-state index contributed by atoms with van der Waals surface area (Å²) in [6.07, 6.45) is 3.31. The zero-order valence-corrected chi connectivity index (χ0v) is 12.3. The van der Waals surface area contributed by atoms with E-state index in [1.807, 2.05) is 6.07 Å². The van der Waals surface area contributed by atoms with Crippen LogP contribution in [0.3, 0.4) is 0 Å². The highest BCUT2D eigenvalue weighted by atomic mass is 35.5. The number of carboxylic acid groups (broad SMARTS) is 1. The van der Waals surface area contributed by atoms with Crippen LogP contribution in [-0.2, 0) is 6.42 Å². The summed E-state index contributed by atoms with van der Waals surface area (Å²) in [6, 6.07) is 13.3. The fourth-order valence-corrected chi connectivity index (χ4v) is 3.08. The number of fused-ring (bicyclic) bond motifs is 1. The zero-order valence-electron chi connectivity index (χ0n) is 11.6. The van der Waals surface area contributed by atoms with E-state index in [1.165, 1.54) is 17.3 Å². The first kappa shape index (κ1) is 14.0. The Morgan fingerprint density at radius 1 is 1.10 bits per heavy atom. The molecule has 0 radical (unpaired) electrons. The average Bonchev–Trinajstić information content (AvgIpc) is 2.69. The van der Waals surface area contributed by atoms with Gasteiger partial charge in [0.25, 0.3) is 0 Å². The van der Waals surface area contributed by atoms with Gasteiger partial charge in [-0.1, -0.05) is 29.8 Å². The van der Waals surface area contributed by atoms with Gasteiger partial charge in [-0.25, -0.2) is 4.79 Å². The second-order valence-corrected chi connectivity index (χ2v) is 5.62. The number of hydrogen-bond donors (Lipinski definition) is 1. The van der Waals surface area contributed by atoms with Gasteiger partial charge in [0.05, 0.1) is 16.3 Å². The fourth-order valence-electron chi connectivity index (χ4n) is 2.80. The molecule has 21 heavy (non-hydrogen) atoms. The summed E-state index contributed by atoms with van der Waals surface area (Å²) in [5, 5.41) is 9.52. The molecule has 0 bridgehead atoms. The van der Waals surface area contributed by atoms with Gasteiger partial charge in [0.1, 0.15) is 0 Å². The lowest BCUT2D eigenvalue weighted by atomic mass is 10.1. The van der Waals surface area contributed by atoms with Crippen molar-refractivity contribution in [3.05, 3.63) is 58.6 Å². The average molecular weight is 302 g/mol. The standard InChI is InChI=1S/C17H16ClNO2/c18-14-11-13(17(20)21)8-9-16(14)19-10-4-3-6-12-5-1-2-7-15(12)19/h1-2,5,7-9,11H,3-4,6,10H2,(H,20,21). The first-order valence-electron chi connectivity index (χ1n) is 7.05. The summed E-state index contributed by atoms with van der Waals surface area (Å²) in [7, 11) is 0. The molecule has 0 saturated carbocycles. The number of hydrogen-bond acceptors (Lipinski definition) is 2. The Balaban J connectivity index is 2.06. The molecule has 2 aromatic carbocycles. The number of aromatic carboxylic acids is 1. The number of carbonyl (C=O) groups is 1. The Morgan fingerprint density at radius 2 is 1.90 bits per heavy atom. The van der Waals surface area contributed by atoms with Crippen LogP contribution in [0, 0.1) is 0 Å². The molecule has 0 amide bonds. The Kier molecular flexibility index (Phi) is 3.84. The third-order valence-electron chi connectivity index (χ3n) is 3.85. The van der Waals surface area contributed by atoms with Crippen molar-refractivity contribution in [3.8, 4) is 0 Å². The molecule has 1 heterocycles. The van der Waals surface area contributed by atoms with E-state index in [0.29, 0.717) is 5.02 Å². The number of anilines is 2. The second kappa shape index (κ2) is 5.78. The molecule has 0 spiro atoms. The summed E-state index contributed by atoms with van der Waals surface area (Å²) in [6.45, 7) is 0.892. The molecule has 2 aromatic rings. The van der Waals surface area contributed by atoms with Crippen LogP contribution in [0.5, 0.6) is 0 Å². The van der Waals surface area contributed by atoms with Crippen molar-refractivity contribution >= 4 is 28.9 Å². The molecule has 3 rings (SSSR count). The zero-order chi connectivity index (χ0) is 14.8. The summed E-state index contributed by atoms with van der Waals surface area (Å²) >= 11 is 6.32. The lowest BCUT2D eigenvalue weighted by molar-refractivity contribution is 0.0697. The molecular formula is C17H16ClNO2. The highest BCUT2D eigenvalue weighted by Gasteiger charge is 2.19. The van der Waals surface area contributed by atoms with E-state index in [2.05, 4.69) is 23.1 Å². The molecule has 0 unspecified atom stereocenters. The van der Waals surface area contributed by atoms with E-state index in [-0.39, 0.29) is 5.56 Å². The minimum Gasteiger partial charge on any atom is -0.478 e. The van der Waals surface area contributed by atoms with Gasteiger partial charge in [-0.15, -0.1) is 0 Å². The van der Waals surface area contributed by atoms with Crippen molar-refractivity contribution in [1.82, 2.24) is 0 Å². The molecule has 1 N–H and O–H groups in total. The molecule has 1 aliphatic rings. The van der Waals surface area contributed by atoms with E-state index in [1.54, 1.807) is 12.1 Å². The van der Waals surface area contributed by atoms with E-state index < -0.39 is 5.97 Å². The van der Waals surface area contributed by atoms with Gasteiger partial charge >= 0.3 is 5.97 Å². The number of carboxylic acids is 1. The van der Waals surface area contributed by atoms with Crippen molar-refractivity contribution in [2.75, 3.05) is 11.4 Å². The maximum absolute atomic E-state index is 11.0. The van der Waals surface area contributed by atoms with E-state index in [0.717, 1.165) is 31.5 Å². The van der Waals surface area contributed by atoms with Gasteiger partial charge in [0.2, 0.25) is 0 Å². The third kappa shape index (κ3) is 2.74. The van der Waals surface area contributed by atoms with Gasteiger partial charge < -0.3 is 10.0 Å². The molecule has 0 atom stereocenters. The van der Waals surface area contributed by atoms with Gasteiger partial charge in [0.15, 0.2) is 0 Å².